The van der Waals surface area contributed by atoms with Crippen molar-refractivity contribution in [2.45, 2.75) is 0 Å². The molecule has 32 heavy (non-hydrogen) atoms. The molecule has 162 valence electrons. The van der Waals surface area contributed by atoms with Crippen molar-refractivity contribution in [3.8, 4) is 0 Å². The van der Waals surface area contributed by atoms with Crippen molar-refractivity contribution in [3.63, 3.8) is 0 Å². The third-order valence-electron chi connectivity index (χ3n) is 4.26. The van der Waals surface area contributed by atoms with Crippen LogP contribution in [0, 0.1) is 0 Å². The van der Waals surface area contributed by atoms with E-state index in [2.05, 4.69) is 52.6 Å². The Hall–Kier alpha value is -4.30. The molecule has 0 bridgehead atoms. The van der Waals surface area contributed by atoms with Crippen molar-refractivity contribution in [1.29, 1.82) is 0 Å². The quantitative estimate of drug-likeness (QED) is 0.327. The lowest BCUT2D eigenvalue weighted by Crippen LogP contribution is -2.21. The predicted molar refractivity (Wildman–Crippen MR) is 143 cm³/mol. The lowest BCUT2D eigenvalue weighted by Gasteiger charge is -2.28. The first-order valence-electron chi connectivity index (χ1n) is 9.99. The van der Waals surface area contributed by atoms with Crippen LogP contribution in [0.2, 0.25) is 0 Å². The minimum atomic E-state index is 0.596. The molecular formula is C30H31NO. The zero-order valence-electron chi connectivity index (χ0n) is 18.7. The van der Waals surface area contributed by atoms with Gasteiger partial charge in [0.1, 0.15) is 5.42 Å². The third-order valence-corrected chi connectivity index (χ3v) is 4.26. The second-order valence-corrected chi connectivity index (χ2v) is 6.20. The van der Waals surface area contributed by atoms with E-state index in [-0.39, 0.29) is 0 Å². The van der Waals surface area contributed by atoms with Crippen molar-refractivity contribution >= 4 is 23.9 Å². The summed E-state index contributed by atoms with van der Waals surface area (Å²) in [6, 6.07) is 0. The van der Waals surface area contributed by atoms with E-state index in [9.17, 15) is 0 Å². The molecule has 0 saturated carbocycles. The minimum absolute atomic E-state index is 0.596. The Morgan fingerprint density at radius 1 is 0.656 bits per heavy atom. The van der Waals surface area contributed by atoms with Crippen LogP contribution in [-0.4, -0.2) is 4.90 Å². The van der Waals surface area contributed by atoms with Crippen LogP contribution in [0.5, 0.6) is 0 Å². The predicted octanol–water partition coefficient (Wildman–Crippen LogP) is 6.75. The molecule has 1 aromatic rings. The summed E-state index contributed by atoms with van der Waals surface area (Å²) in [6.07, 6.45) is 26.7. The maximum atomic E-state index is 6.30. The van der Waals surface area contributed by atoms with Gasteiger partial charge in [0.25, 0.3) is 0 Å². The summed E-state index contributed by atoms with van der Waals surface area (Å²) < 4.78 is 6.30. The Labute approximate surface area is 192 Å². The Kier molecular flexibility index (Phi) is 11.1. The molecule has 2 nitrogen and oxygen atoms in total. The molecule has 0 amide bonds. The lowest BCUT2D eigenvalue weighted by molar-refractivity contribution is 0.495. The van der Waals surface area contributed by atoms with Crippen LogP contribution in [0.4, 0.5) is 0 Å². The average molecular weight is 422 g/mol. The summed E-state index contributed by atoms with van der Waals surface area (Å²) in [5.41, 5.74) is 3.70. The number of hydrogen-bond acceptors (Lipinski definition) is 2. The lowest BCUT2D eigenvalue weighted by atomic mass is 10.1. The molecule has 0 aliphatic carbocycles. The summed E-state index contributed by atoms with van der Waals surface area (Å²) >= 11 is 0. The third kappa shape index (κ3) is 6.10. The van der Waals surface area contributed by atoms with Gasteiger partial charge >= 0.3 is 0 Å². The van der Waals surface area contributed by atoms with Gasteiger partial charge in [0.2, 0.25) is 0 Å². The summed E-state index contributed by atoms with van der Waals surface area (Å²) in [5, 5.41) is 0.850. The van der Waals surface area contributed by atoms with Gasteiger partial charge in [0.05, 0.1) is 5.70 Å². The van der Waals surface area contributed by atoms with Gasteiger partial charge in [-0.05, 0) is 36.5 Å². The van der Waals surface area contributed by atoms with E-state index >= 15 is 0 Å². The molecule has 0 N–H and O–H groups in total. The summed E-state index contributed by atoms with van der Waals surface area (Å²) in [7, 11) is 0. The van der Waals surface area contributed by atoms with E-state index in [1.165, 1.54) is 0 Å². The highest BCUT2D eigenvalue weighted by atomic mass is 16.3. The SMILES string of the molecule is C=C/C=C\C=C(/C=C)N(/C(C=C)=C/C=C)/C(=C/C=C)c1oc(=C/C=C)/c(=C\C=C)c1C=C. The van der Waals surface area contributed by atoms with E-state index < -0.39 is 0 Å². The van der Waals surface area contributed by atoms with E-state index in [0.29, 0.717) is 16.9 Å². The average Bonchev–Trinajstić information content (AvgIpc) is 3.13. The van der Waals surface area contributed by atoms with Crippen LogP contribution in [-0.2, 0) is 0 Å². The topological polar surface area (TPSA) is 16.4 Å². The van der Waals surface area contributed by atoms with Crippen LogP contribution in [0.3, 0.4) is 0 Å². The molecule has 0 saturated heterocycles. The number of furan rings is 1. The normalized spacial score (nSPS) is 13.6. The van der Waals surface area contributed by atoms with Crippen LogP contribution in [0.15, 0.2) is 141 Å². The zero-order chi connectivity index (χ0) is 23.9. The summed E-state index contributed by atoms with van der Waals surface area (Å²) in [5.74, 6) is 0.596. The fraction of sp³-hybridized carbons (Fsp3) is 0. The Balaban J connectivity index is 4.16. The Bertz CT molecular complexity index is 1160. The molecule has 0 fully saturated rings. The van der Waals surface area contributed by atoms with Gasteiger partial charge < -0.3 is 9.32 Å². The van der Waals surface area contributed by atoms with E-state index in [4.69, 9.17) is 4.42 Å². The van der Waals surface area contributed by atoms with Crippen molar-refractivity contribution in [1.82, 2.24) is 4.90 Å². The van der Waals surface area contributed by atoms with Crippen molar-refractivity contribution < 1.29 is 4.42 Å². The Morgan fingerprint density at radius 2 is 1.28 bits per heavy atom. The second-order valence-electron chi connectivity index (χ2n) is 6.20. The van der Waals surface area contributed by atoms with E-state index in [1.54, 1.807) is 54.7 Å². The molecule has 0 aliphatic heterocycles. The molecule has 0 radical (unpaired) electrons. The van der Waals surface area contributed by atoms with Crippen LogP contribution in [0.25, 0.3) is 23.9 Å². The van der Waals surface area contributed by atoms with Gasteiger partial charge in [-0.15, -0.1) is 0 Å². The van der Waals surface area contributed by atoms with E-state index in [1.807, 2.05) is 41.4 Å². The first-order valence-corrected chi connectivity index (χ1v) is 9.99. The van der Waals surface area contributed by atoms with Crippen LogP contribution >= 0.6 is 0 Å². The number of rotatable bonds is 13. The maximum Gasteiger partial charge on any atom is 0.159 e. The molecule has 0 spiro atoms. The molecule has 1 aromatic heterocycles. The smallest absolute Gasteiger partial charge is 0.159 e. The first-order chi connectivity index (χ1) is 15.6. The number of allylic oxidation sites excluding steroid dienone is 12. The molecule has 0 aromatic carbocycles. The van der Waals surface area contributed by atoms with Gasteiger partial charge in [-0.3, -0.25) is 0 Å². The molecule has 0 unspecified atom stereocenters. The second kappa shape index (κ2) is 13.8. The Morgan fingerprint density at radius 3 is 1.78 bits per heavy atom. The molecular weight excluding hydrogens is 390 g/mol. The monoisotopic (exact) mass is 421 g/mol. The fourth-order valence-electron chi connectivity index (χ4n) is 3.00. The van der Waals surface area contributed by atoms with Crippen LogP contribution < -0.4 is 10.6 Å². The molecule has 2 heteroatoms. The zero-order valence-corrected chi connectivity index (χ0v) is 18.7. The van der Waals surface area contributed by atoms with Crippen LogP contribution in [0.1, 0.15) is 11.3 Å². The molecule has 0 atom stereocenters. The molecule has 1 heterocycles. The first kappa shape index (κ1) is 25.7. The number of hydrogen-bond donors (Lipinski definition) is 0. The van der Waals surface area contributed by atoms with Gasteiger partial charge in [-0.25, -0.2) is 0 Å². The maximum absolute atomic E-state index is 6.30. The van der Waals surface area contributed by atoms with Gasteiger partial charge in [0, 0.05) is 22.2 Å². The summed E-state index contributed by atoms with van der Waals surface area (Å²) in [6.45, 7) is 31.1. The summed E-state index contributed by atoms with van der Waals surface area (Å²) in [4.78, 5) is 1.96. The van der Waals surface area contributed by atoms with Gasteiger partial charge in [-0.2, -0.15) is 0 Å². The van der Waals surface area contributed by atoms with Crippen molar-refractivity contribution in [2.24, 2.45) is 0 Å². The van der Waals surface area contributed by atoms with Crippen molar-refractivity contribution in [3.05, 3.63) is 159 Å². The highest BCUT2D eigenvalue weighted by molar-refractivity contribution is 5.75. The largest absolute Gasteiger partial charge is 0.454 e. The van der Waals surface area contributed by atoms with Gasteiger partial charge in [0.15, 0.2) is 5.76 Å². The molecule has 0 aliphatic rings. The standard InChI is InChI=1S/C30H31NO/c1-9-17-18-23-25(15-7)31(24(14-6)19-10-2)28(21-12-4)30-26(16-8)27(20-11-3)29(32-30)22-13-5/h9-23H,1-8H2/b18-17-,24-19+,25-23+,27-20-,28-21+,29-22+. The van der Waals surface area contributed by atoms with Crippen molar-refractivity contribution in [2.75, 3.05) is 0 Å². The number of nitrogens with zero attached hydrogens (tertiary/aromatic N) is 1. The highest BCUT2D eigenvalue weighted by Gasteiger charge is 2.22. The minimum Gasteiger partial charge on any atom is -0.454 e. The fourth-order valence-corrected chi connectivity index (χ4v) is 3.00. The van der Waals surface area contributed by atoms with E-state index in [0.717, 1.165) is 22.2 Å². The van der Waals surface area contributed by atoms with Gasteiger partial charge in [-0.1, -0.05) is 107 Å². The molecule has 1 rings (SSSR count). The highest BCUT2D eigenvalue weighted by Crippen LogP contribution is 2.31.